The van der Waals surface area contributed by atoms with Gasteiger partial charge in [0.25, 0.3) is 0 Å². The first-order chi connectivity index (χ1) is 11.5. The van der Waals surface area contributed by atoms with E-state index in [4.69, 9.17) is 4.74 Å². The summed E-state index contributed by atoms with van der Waals surface area (Å²) < 4.78 is 4.70. The molecule has 24 heavy (non-hydrogen) atoms. The van der Waals surface area contributed by atoms with Gasteiger partial charge in [-0.2, -0.15) is 0 Å². The van der Waals surface area contributed by atoms with Crippen molar-refractivity contribution in [2.45, 2.75) is 38.3 Å². The molecule has 1 aliphatic heterocycles. The third-order valence-corrected chi connectivity index (χ3v) is 4.93. The zero-order valence-electron chi connectivity index (χ0n) is 13.9. The molecule has 132 valence electrons. The molecule has 1 fully saturated rings. The fourth-order valence-electron chi connectivity index (χ4n) is 2.77. The first-order valence-corrected chi connectivity index (χ1v) is 8.80. The maximum absolute atomic E-state index is 12.3. The Morgan fingerprint density at radius 2 is 2.08 bits per heavy atom. The van der Waals surface area contributed by atoms with Crippen molar-refractivity contribution in [3.05, 3.63) is 22.4 Å². The van der Waals surface area contributed by atoms with Crippen molar-refractivity contribution in [2.75, 3.05) is 20.2 Å². The average Bonchev–Trinajstić information content (AvgIpc) is 3.08. The Balaban J connectivity index is 1.83. The predicted molar refractivity (Wildman–Crippen MR) is 90.6 cm³/mol. The molecular formula is C16H23N3O4S. The fraction of sp³-hybridized carbons (Fsp3) is 0.562. The van der Waals surface area contributed by atoms with E-state index in [2.05, 4.69) is 10.6 Å². The molecule has 0 aromatic carbocycles. The van der Waals surface area contributed by atoms with Crippen LogP contribution in [0.15, 0.2) is 17.5 Å². The molecule has 2 heterocycles. The Morgan fingerprint density at radius 3 is 2.62 bits per heavy atom. The quantitative estimate of drug-likeness (QED) is 0.843. The number of hydrogen-bond donors (Lipinski definition) is 2. The molecule has 8 heteroatoms. The van der Waals surface area contributed by atoms with Gasteiger partial charge in [-0.3, -0.25) is 9.59 Å². The largest absolute Gasteiger partial charge is 0.453 e. The standard InChI is InChI=1S/C16H23N3O4S/c1-11(20)17-13(14-4-3-9-24-14)10-15(21)18-12-5-7-19(8-6-12)16(22)23-2/h3-4,9,12-13H,5-8,10H2,1-2H3,(H,17,20)(H,18,21). The van der Waals surface area contributed by atoms with Crippen LogP contribution >= 0.6 is 11.3 Å². The van der Waals surface area contributed by atoms with Gasteiger partial charge < -0.3 is 20.3 Å². The molecule has 3 amide bonds. The zero-order valence-corrected chi connectivity index (χ0v) is 14.7. The number of hydrogen-bond acceptors (Lipinski definition) is 5. The number of likely N-dealkylation sites (tertiary alicyclic amines) is 1. The molecule has 2 N–H and O–H groups in total. The Morgan fingerprint density at radius 1 is 1.38 bits per heavy atom. The summed E-state index contributed by atoms with van der Waals surface area (Å²) in [6.45, 7) is 2.58. The van der Waals surface area contributed by atoms with Crippen molar-refractivity contribution in [3.63, 3.8) is 0 Å². The normalized spacial score (nSPS) is 16.3. The van der Waals surface area contributed by atoms with Gasteiger partial charge in [0.2, 0.25) is 11.8 Å². The van der Waals surface area contributed by atoms with Crippen molar-refractivity contribution < 1.29 is 19.1 Å². The minimum Gasteiger partial charge on any atom is -0.453 e. The summed E-state index contributed by atoms with van der Waals surface area (Å²) >= 11 is 1.51. The van der Waals surface area contributed by atoms with E-state index >= 15 is 0 Å². The van der Waals surface area contributed by atoms with Gasteiger partial charge in [0.15, 0.2) is 0 Å². The number of piperidine rings is 1. The zero-order chi connectivity index (χ0) is 17.5. The molecule has 1 unspecified atom stereocenters. The van der Waals surface area contributed by atoms with Gasteiger partial charge in [0, 0.05) is 30.9 Å². The maximum atomic E-state index is 12.3. The summed E-state index contributed by atoms with van der Waals surface area (Å²) in [6.07, 6.45) is 1.27. The monoisotopic (exact) mass is 353 g/mol. The van der Waals surface area contributed by atoms with Crippen LogP contribution in [-0.4, -0.2) is 49.0 Å². The first-order valence-electron chi connectivity index (χ1n) is 7.92. The van der Waals surface area contributed by atoms with Crippen molar-refractivity contribution in [2.24, 2.45) is 0 Å². The van der Waals surface area contributed by atoms with Crippen LogP contribution in [0.3, 0.4) is 0 Å². The number of methoxy groups -OCH3 is 1. The third kappa shape index (κ3) is 5.23. The number of carbonyl (C=O) groups excluding carboxylic acids is 3. The van der Waals surface area contributed by atoms with Gasteiger partial charge in [0.1, 0.15) is 0 Å². The molecule has 0 spiro atoms. The molecule has 0 aliphatic carbocycles. The lowest BCUT2D eigenvalue weighted by Gasteiger charge is -2.31. The molecule has 1 atom stereocenters. The SMILES string of the molecule is COC(=O)N1CCC(NC(=O)CC(NC(C)=O)c2cccs2)CC1. The maximum Gasteiger partial charge on any atom is 0.409 e. The lowest BCUT2D eigenvalue weighted by Crippen LogP contribution is -2.47. The van der Waals surface area contributed by atoms with Crippen LogP contribution in [-0.2, 0) is 14.3 Å². The van der Waals surface area contributed by atoms with Crippen LogP contribution in [0.1, 0.15) is 37.1 Å². The van der Waals surface area contributed by atoms with E-state index in [0.29, 0.717) is 25.9 Å². The number of amides is 3. The minimum absolute atomic E-state index is 0.0414. The smallest absolute Gasteiger partial charge is 0.409 e. The summed E-state index contributed by atoms with van der Waals surface area (Å²) in [4.78, 5) is 37.7. The molecular weight excluding hydrogens is 330 g/mol. The summed E-state index contributed by atoms with van der Waals surface area (Å²) in [6, 6.07) is 3.54. The average molecular weight is 353 g/mol. The number of ether oxygens (including phenoxy) is 1. The Labute approximate surface area is 145 Å². The summed E-state index contributed by atoms with van der Waals surface area (Å²) in [5.41, 5.74) is 0. The topological polar surface area (TPSA) is 87.7 Å². The highest BCUT2D eigenvalue weighted by Crippen LogP contribution is 2.22. The van der Waals surface area contributed by atoms with Gasteiger partial charge >= 0.3 is 6.09 Å². The van der Waals surface area contributed by atoms with E-state index in [9.17, 15) is 14.4 Å². The lowest BCUT2D eigenvalue weighted by atomic mass is 10.0. The molecule has 1 aliphatic rings. The highest BCUT2D eigenvalue weighted by molar-refractivity contribution is 7.10. The predicted octanol–water partition coefficient (Wildman–Crippen LogP) is 1.66. The molecule has 1 aromatic heterocycles. The summed E-state index contributed by atoms with van der Waals surface area (Å²) in [7, 11) is 1.36. The van der Waals surface area contributed by atoms with E-state index < -0.39 is 0 Å². The van der Waals surface area contributed by atoms with Crippen LogP contribution in [0.4, 0.5) is 4.79 Å². The Bertz CT molecular complexity index is 568. The molecule has 0 radical (unpaired) electrons. The molecule has 0 saturated carbocycles. The number of nitrogens with zero attached hydrogens (tertiary/aromatic N) is 1. The van der Waals surface area contributed by atoms with Crippen molar-refractivity contribution in [1.29, 1.82) is 0 Å². The highest BCUT2D eigenvalue weighted by Gasteiger charge is 2.25. The van der Waals surface area contributed by atoms with Crippen LogP contribution < -0.4 is 10.6 Å². The van der Waals surface area contributed by atoms with Gasteiger partial charge in [-0.15, -0.1) is 11.3 Å². The molecule has 0 bridgehead atoms. The van der Waals surface area contributed by atoms with Gasteiger partial charge in [-0.1, -0.05) is 6.07 Å². The number of carbonyl (C=O) groups is 3. The third-order valence-electron chi connectivity index (χ3n) is 3.95. The Hall–Kier alpha value is -2.09. The van der Waals surface area contributed by atoms with E-state index in [1.807, 2.05) is 17.5 Å². The number of rotatable bonds is 5. The second kappa shape index (κ2) is 8.68. The van der Waals surface area contributed by atoms with E-state index in [0.717, 1.165) is 4.88 Å². The van der Waals surface area contributed by atoms with E-state index in [1.54, 1.807) is 4.90 Å². The van der Waals surface area contributed by atoms with E-state index in [-0.39, 0.29) is 36.4 Å². The van der Waals surface area contributed by atoms with Gasteiger partial charge in [-0.25, -0.2) is 4.79 Å². The van der Waals surface area contributed by atoms with Crippen molar-refractivity contribution in [1.82, 2.24) is 15.5 Å². The van der Waals surface area contributed by atoms with Crippen LogP contribution in [0, 0.1) is 0 Å². The highest BCUT2D eigenvalue weighted by atomic mass is 32.1. The van der Waals surface area contributed by atoms with Gasteiger partial charge in [-0.05, 0) is 24.3 Å². The van der Waals surface area contributed by atoms with Crippen LogP contribution in [0.25, 0.3) is 0 Å². The first kappa shape index (κ1) is 18.3. The lowest BCUT2D eigenvalue weighted by molar-refractivity contribution is -0.123. The van der Waals surface area contributed by atoms with Crippen molar-refractivity contribution >= 4 is 29.2 Å². The second-order valence-electron chi connectivity index (χ2n) is 5.77. The fourth-order valence-corrected chi connectivity index (χ4v) is 3.54. The van der Waals surface area contributed by atoms with Crippen LogP contribution in [0.2, 0.25) is 0 Å². The number of nitrogens with one attached hydrogen (secondary N) is 2. The van der Waals surface area contributed by atoms with E-state index in [1.165, 1.54) is 25.4 Å². The molecule has 1 aromatic rings. The van der Waals surface area contributed by atoms with Crippen molar-refractivity contribution in [3.8, 4) is 0 Å². The summed E-state index contributed by atoms with van der Waals surface area (Å²) in [5, 5.41) is 7.74. The molecule has 1 saturated heterocycles. The Kier molecular flexibility index (Phi) is 6.60. The number of thiophene rings is 1. The van der Waals surface area contributed by atoms with Crippen LogP contribution in [0.5, 0.6) is 0 Å². The molecule has 2 rings (SSSR count). The molecule has 7 nitrogen and oxygen atoms in total. The second-order valence-corrected chi connectivity index (χ2v) is 6.75. The van der Waals surface area contributed by atoms with Gasteiger partial charge in [0.05, 0.1) is 19.6 Å². The summed E-state index contributed by atoms with van der Waals surface area (Å²) in [5.74, 6) is -0.258. The minimum atomic E-state index is -0.330.